The lowest BCUT2D eigenvalue weighted by molar-refractivity contribution is -0.0358. The van der Waals surface area contributed by atoms with Crippen molar-refractivity contribution in [3.63, 3.8) is 0 Å². The Morgan fingerprint density at radius 2 is 1.97 bits per heavy atom. The van der Waals surface area contributed by atoms with Crippen molar-refractivity contribution in [2.45, 2.75) is 18.6 Å². The van der Waals surface area contributed by atoms with E-state index in [1.165, 1.54) is 36.0 Å². The van der Waals surface area contributed by atoms with Gasteiger partial charge in [0.2, 0.25) is 0 Å². The Morgan fingerprint density at radius 1 is 1.09 bits per heavy atom. The maximum Gasteiger partial charge on any atom is 0.187 e. The zero-order valence-corrected chi connectivity index (χ0v) is 18.8. The Morgan fingerprint density at radius 3 is 2.82 bits per heavy atom. The molecular formula is C23H20F2N8S. The lowest BCUT2D eigenvalue weighted by atomic mass is 9.97. The number of thiazole rings is 1. The van der Waals surface area contributed by atoms with Crippen LogP contribution < -0.4 is 5.32 Å². The molecule has 0 atom stereocenters. The Labute approximate surface area is 197 Å². The smallest absolute Gasteiger partial charge is 0.187 e. The van der Waals surface area contributed by atoms with Crippen LogP contribution in [-0.2, 0) is 18.6 Å². The van der Waals surface area contributed by atoms with Crippen molar-refractivity contribution in [3.05, 3.63) is 71.3 Å². The van der Waals surface area contributed by atoms with Crippen molar-refractivity contribution in [2.75, 3.05) is 25.0 Å². The van der Waals surface area contributed by atoms with E-state index in [4.69, 9.17) is 0 Å². The summed E-state index contributed by atoms with van der Waals surface area (Å²) in [7, 11) is 0. The molecule has 2 N–H and O–H groups in total. The van der Waals surface area contributed by atoms with Gasteiger partial charge in [-0.15, -0.1) is 0 Å². The predicted octanol–water partition coefficient (Wildman–Crippen LogP) is 3.83. The van der Waals surface area contributed by atoms with Crippen molar-refractivity contribution >= 4 is 38.5 Å². The third kappa shape index (κ3) is 3.86. The summed E-state index contributed by atoms with van der Waals surface area (Å²) in [6.45, 7) is 1.38. The Hall–Kier alpha value is -3.57. The van der Waals surface area contributed by atoms with Gasteiger partial charge in [0.1, 0.15) is 33.3 Å². The number of benzene rings is 1. The molecule has 1 aliphatic heterocycles. The predicted molar refractivity (Wildman–Crippen MR) is 126 cm³/mol. The van der Waals surface area contributed by atoms with Gasteiger partial charge in [0, 0.05) is 32.3 Å². The first-order chi connectivity index (χ1) is 16.6. The fourth-order valence-corrected chi connectivity index (χ4v) is 5.11. The van der Waals surface area contributed by atoms with E-state index in [2.05, 4.69) is 35.2 Å². The minimum absolute atomic E-state index is 0.141. The number of pyridine rings is 1. The molecule has 8 nitrogen and oxygen atoms in total. The Kier molecular flexibility index (Phi) is 5.15. The maximum atomic E-state index is 15.6. The van der Waals surface area contributed by atoms with Crippen molar-refractivity contribution in [2.24, 2.45) is 0 Å². The molecule has 0 saturated carbocycles. The molecule has 0 spiro atoms. The van der Waals surface area contributed by atoms with E-state index in [1.807, 2.05) is 29.2 Å². The molecule has 0 bridgehead atoms. The monoisotopic (exact) mass is 478 g/mol. The van der Waals surface area contributed by atoms with E-state index in [1.54, 1.807) is 0 Å². The number of para-hydroxylation sites is 2. The molecule has 0 amide bonds. The van der Waals surface area contributed by atoms with Crippen LogP contribution in [-0.4, -0.2) is 54.4 Å². The molecule has 11 heteroatoms. The van der Waals surface area contributed by atoms with Crippen LogP contribution >= 0.6 is 11.3 Å². The van der Waals surface area contributed by atoms with Crippen molar-refractivity contribution in [1.82, 2.24) is 34.8 Å². The number of hydrogen-bond donors (Lipinski definition) is 2. The molecule has 0 unspecified atom stereocenters. The van der Waals surface area contributed by atoms with Crippen LogP contribution in [0.2, 0.25) is 0 Å². The molecular weight excluding hydrogens is 458 g/mol. The highest BCUT2D eigenvalue weighted by Crippen LogP contribution is 2.40. The molecule has 5 heterocycles. The zero-order valence-electron chi connectivity index (χ0n) is 18.0. The van der Waals surface area contributed by atoms with Crippen LogP contribution in [0.3, 0.4) is 0 Å². The Bertz CT molecular complexity index is 1440. The molecule has 172 valence electrons. The number of anilines is 1. The topological polar surface area (TPSA) is 95.5 Å². The number of likely N-dealkylation sites (tertiary alicyclic amines) is 1. The molecule has 1 fully saturated rings. The number of aromatic nitrogens is 6. The summed E-state index contributed by atoms with van der Waals surface area (Å²) in [4.78, 5) is 27.5. The van der Waals surface area contributed by atoms with E-state index in [9.17, 15) is 4.39 Å². The second-order valence-electron chi connectivity index (χ2n) is 8.31. The summed E-state index contributed by atoms with van der Waals surface area (Å²) >= 11 is 1.23. The van der Waals surface area contributed by atoms with Crippen LogP contribution in [0.15, 0.2) is 48.9 Å². The van der Waals surface area contributed by atoms with Crippen molar-refractivity contribution < 1.29 is 8.78 Å². The fraction of sp³-hybridized carbons (Fsp3) is 0.261. The molecule has 6 rings (SSSR count). The lowest BCUT2D eigenvalue weighted by Gasteiger charge is -2.43. The first-order valence-corrected chi connectivity index (χ1v) is 11.7. The highest BCUT2D eigenvalue weighted by molar-refractivity contribution is 7.18. The van der Waals surface area contributed by atoms with Crippen molar-refractivity contribution in [1.29, 1.82) is 0 Å². The van der Waals surface area contributed by atoms with Gasteiger partial charge in [0.25, 0.3) is 0 Å². The number of rotatable bonds is 7. The number of imidazole rings is 1. The van der Waals surface area contributed by atoms with Crippen LogP contribution in [0.4, 0.5) is 14.6 Å². The number of fused-ring (bicyclic) bond motifs is 2. The number of nitrogens with zero attached hydrogens (tertiary/aromatic N) is 6. The number of aromatic amines is 1. The van der Waals surface area contributed by atoms with Gasteiger partial charge in [-0.05, 0) is 24.3 Å². The van der Waals surface area contributed by atoms with Gasteiger partial charge in [-0.2, -0.15) is 0 Å². The third-order valence-electron chi connectivity index (χ3n) is 5.89. The van der Waals surface area contributed by atoms with Crippen LogP contribution in [0.25, 0.3) is 21.4 Å². The quantitative estimate of drug-likeness (QED) is 0.367. The van der Waals surface area contributed by atoms with E-state index in [0.717, 1.165) is 16.9 Å². The fourth-order valence-electron chi connectivity index (χ4n) is 4.13. The normalized spacial score (nSPS) is 15.6. The molecule has 5 aromatic rings. The van der Waals surface area contributed by atoms with Gasteiger partial charge in [-0.25, -0.2) is 28.7 Å². The SMILES string of the molecule is Fc1cccnc1CNc1ncnc2sc(C3(F)CN(CCc4nc5ccccc5[nH]4)C3)nc12. The van der Waals surface area contributed by atoms with E-state index in [0.29, 0.717) is 34.1 Å². The summed E-state index contributed by atoms with van der Waals surface area (Å²) < 4.78 is 29.5. The van der Waals surface area contributed by atoms with Crippen LogP contribution in [0, 0.1) is 5.82 Å². The lowest BCUT2D eigenvalue weighted by Crippen LogP contribution is -2.57. The Balaban J connectivity index is 1.12. The minimum atomic E-state index is -1.52. The van der Waals surface area contributed by atoms with Crippen molar-refractivity contribution in [3.8, 4) is 0 Å². The third-order valence-corrected chi connectivity index (χ3v) is 7.03. The number of H-pyrrole nitrogens is 1. The first kappa shape index (κ1) is 21.0. The molecule has 1 saturated heterocycles. The number of halogens is 2. The first-order valence-electron chi connectivity index (χ1n) is 10.9. The summed E-state index contributed by atoms with van der Waals surface area (Å²) in [5.74, 6) is 0.925. The molecule has 0 aliphatic carbocycles. The average Bonchev–Trinajstić information content (AvgIpc) is 3.45. The van der Waals surface area contributed by atoms with Crippen LogP contribution in [0.5, 0.6) is 0 Å². The average molecular weight is 479 g/mol. The molecule has 4 aromatic heterocycles. The molecule has 1 aliphatic rings. The second-order valence-corrected chi connectivity index (χ2v) is 9.28. The van der Waals surface area contributed by atoms with Gasteiger partial charge in [0.05, 0.1) is 23.3 Å². The second kappa shape index (κ2) is 8.33. The highest BCUT2D eigenvalue weighted by Gasteiger charge is 2.47. The molecule has 34 heavy (non-hydrogen) atoms. The summed E-state index contributed by atoms with van der Waals surface area (Å²) in [6, 6.07) is 10.8. The number of nitrogens with one attached hydrogen (secondary N) is 2. The number of alkyl halides is 1. The standard InChI is InChI=1S/C23H20F2N8S/c24-14-4-3-8-26-17(14)10-27-20-19-21(29-13-28-20)34-22(32-19)23(25)11-33(12-23)9-7-18-30-15-5-1-2-6-16(15)31-18/h1-6,8,13H,7,9-12H2,(H,30,31)(H,27,28,29). The number of hydrogen-bond acceptors (Lipinski definition) is 8. The van der Waals surface area contributed by atoms with E-state index < -0.39 is 11.5 Å². The van der Waals surface area contributed by atoms with E-state index >= 15 is 4.39 Å². The van der Waals surface area contributed by atoms with Gasteiger partial charge >= 0.3 is 0 Å². The van der Waals surface area contributed by atoms with Gasteiger partial charge in [-0.1, -0.05) is 23.5 Å². The summed E-state index contributed by atoms with van der Waals surface area (Å²) in [5.41, 5.74) is 1.17. The van der Waals surface area contributed by atoms with Crippen LogP contribution in [0.1, 0.15) is 16.5 Å². The zero-order chi connectivity index (χ0) is 23.1. The summed E-state index contributed by atoms with van der Waals surface area (Å²) in [6.07, 6.45) is 3.64. The molecule has 0 radical (unpaired) electrons. The maximum absolute atomic E-state index is 15.6. The van der Waals surface area contributed by atoms with Gasteiger partial charge in [-0.3, -0.25) is 9.88 Å². The largest absolute Gasteiger partial charge is 0.362 e. The van der Waals surface area contributed by atoms with Gasteiger partial charge in [0.15, 0.2) is 11.5 Å². The highest BCUT2D eigenvalue weighted by atomic mass is 32.1. The summed E-state index contributed by atoms with van der Waals surface area (Å²) in [5, 5.41) is 3.44. The van der Waals surface area contributed by atoms with E-state index in [-0.39, 0.29) is 25.3 Å². The van der Waals surface area contributed by atoms with Gasteiger partial charge < -0.3 is 10.3 Å². The minimum Gasteiger partial charge on any atom is -0.362 e. The molecule has 1 aromatic carbocycles.